The summed E-state index contributed by atoms with van der Waals surface area (Å²) in [6.07, 6.45) is 5.48. The highest BCUT2D eigenvalue weighted by molar-refractivity contribution is 7.14. The van der Waals surface area contributed by atoms with Crippen LogP contribution in [0.1, 0.15) is 5.56 Å². The highest BCUT2D eigenvalue weighted by Crippen LogP contribution is 2.26. The van der Waals surface area contributed by atoms with Crippen LogP contribution in [-0.2, 0) is 7.05 Å². The molecule has 0 amide bonds. The Morgan fingerprint density at radius 2 is 2.21 bits per heavy atom. The predicted molar refractivity (Wildman–Crippen MR) is 76.6 cm³/mol. The van der Waals surface area contributed by atoms with Gasteiger partial charge in [-0.3, -0.25) is 9.67 Å². The van der Waals surface area contributed by atoms with E-state index in [-0.39, 0.29) is 0 Å². The van der Waals surface area contributed by atoms with E-state index in [1.807, 2.05) is 37.7 Å². The number of hydrogen-bond acceptors (Lipinski definition) is 5. The van der Waals surface area contributed by atoms with E-state index in [9.17, 15) is 0 Å². The quantitative estimate of drug-likeness (QED) is 0.795. The molecule has 19 heavy (non-hydrogen) atoms. The van der Waals surface area contributed by atoms with Crippen LogP contribution < -0.4 is 5.32 Å². The lowest BCUT2D eigenvalue weighted by atomic mass is 10.2. The van der Waals surface area contributed by atoms with Crippen LogP contribution in [0.25, 0.3) is 11.4 Å². The van der Waals surface area contributed by atoms with Crippen molar-refractivity contribution in [2.24, 2.45) is 7.05 Å². The Morgan fingerprint density at radius 1 is 1.32 bits per heavy atom. The average molecular weight is 271 g/mol. The summed E-state index contributed by atoms with van der Waals surface area (Å²) in [6.45, 7) is 2.05. The molecule has 3 rings (SSSR count). The van der Waals surface area contributed by atoms with Crippen molar-refractivity contribution < 1.29 is 0 Å². The molecule has 3 heterocycles. The number of aryl methyl sites for hydroxylation is 2. The van der Waals surface area contributed by atoms with Crippen molar-refractivity contribution >= 4 is 22.2 Å². The third-order valence-corrected chi connectivity index (χ3v) is 3.40. The molecular weight excluding hydrogens is 258 g/mol. The number of anilines is 2. The third kappa shape index (κ3) is 2.63. The highest BCUT2D eigenvalue weighted by atomic mass is 32.1. The molecule has 0 aliphatic rings. The van der Waals surface area contributed by atoms with Crippen LogP contribution in [0.15, 0.2) is 36.1 Å². The molecule has 0 unspecified atom stereocenters. The number of rotatable bonds is 3. The van der Waals surface area contributed by atoms with Gasteiger partial charge in [0.1, 0.15) is 5.69 Å². The van der Waals surface area contributed by atoms with Gasteiger partial charge in [-0.05, 0) is 24.6 Å². The molecule has 0 saturated carbocycles. The Hall–Kier alpha value is -2.21. The van der Waals surface area contributed by atoms with Crippen LogP contribution >= 0.6 is 11.3 Å². The van der Waals surface area contributed by atoms with Crippen molar-refractivity contribution in [3.8, 4) is 11.4 Å². The summed E-state index contributed by atoms with van der Waals surface area (Å²) in [5.74, 6) is 0. The standard InChI is InChI=1S/C13H13N5S/c1-9-3-4-14-11(5-9)12-8-19-13(17-12)16-10-6-15-18(2)7-10/h3-8H,1-2H3,(H,16,17). The van der Waals surface area contributed by atoms with Gasteiger partial charge in [0.15, 0.2) is 5.13 Å². The lowest BCUT2D eigenvalue weighted by Gasteiger charge is -1.98. The third-order valence-electron chi connectivity index (χ3n) is 2.64. The molecule has 3 aromatic rings. The summed E-state index contributed by atoms with van der Waals surface area (Å²) < 4.78 is 1.75. The van der Waals surface area contributed by atoms with Gasteiger partial charge in [-0.15, -0.1) is 11.3 Å². The monoisotopic (exact) mass is 271 g/mol. The summed E-state index contributed by atoms with van der Waals surface area (Å²) in [5.41, 5.74) is 3.90. The summed E-state index contributed by atoms with van der Waals surface area (Å²) in [7, 11) is 1.88. The average Bonchev–Trinajstić information content (AvgIpc) is 2.99. The molecule has 0 radical (unpaired) electrons. The van der Waals surface area contributed by atoms with E-state index < -0.39 is 0 Å². The predicted octanol–water partition coefficient (Wildman–Crippen LogP) is 2.99. The minimum absolute atomic E-state index is 0.839. The zero-order chi connectivity index (χ0) is 13.2. The maximum atomic E-state index is 4.53. The van der Waals surface area contributed by atoms with E-state index in [2.05, 4.69) is 20.4 Å². The second-order valence-electron chi connectivity index (χ2n) is 4.28. The summed E-state index contributed by atoms with van der Waals surface area (Å²) in [4.78, 5) is 8.87. The molecule has 3 aromatic heterocycles. The van der Waals surface area contributed by atoms with Gasteiger partial charge in [-0.25, -0.2) is 4.98 Å². The van der Waals surface area contributed by atoms with Gasteiger partial charge in [0.2, 0.25) is 0 Å². The molecule has 0 aliphatic heterocycles. The highest BCUT2D eigenvalue weighted by Gasteiger charge is 2.06. The second-order valence-corrected chi connectivity index (χ2v) is 5.14. The van der Waals surface area contributed by atoms with Crippen LogP contribution in [0.5, 0.6) is 0 Å². The van der Waals surface area contributed by atoms with Crippen molar-refractivity contribution in [1.82, 2.24) is 19.7 Å². The van der Waals surface area contributed by atoms with Gasteiger partial charge in [0.05, 0.1) is 17.6 Å². The summed E-state index contributed by atoms with van der Waals surface area (Å²) >= 11 is 1.56. The lowest BCUT2D eigenvalue weighted by molar-refractivity contribution is 0.768. The maximum absolute atomic E-state index is 4.53. The van der Waals surface area contributed by atoms with Gasteiger partial charge >= 0.3 is 0 Å². The van der Waals surface area contributed by atoms with Crippen molar-refractivity contribution in [2.45, 2.75) is 6.92 Å². The van der Waals surface area contributed by atoms with Crippen molar-refractivity contribution in [3.05, 3.63) is 41.7 Å². The number of thiazole rings is 1. The molecule has 0 fully saturated rings. The van der Waals surface area contributed by atoms with E-state index in [0.717, 1.165) is 22.2 Å². The number of hydrogen-bond donors (Lipinski definition) is 1. The van der Waals surface area contributed by atoms with Gasteiger partial charge in [-0.1, -0.05) is 0 Å². The molecule has 5 nitrogen and oxygen atoms in total. The van der Waals surface area contributed by atoms with Crippen LogP contribution in [0.2, 0.25) is 0 Å². The fourth-order valence-electron chi connectivity index (χ4n) is 1.73. The van der Waals surface area contributed by atoms with Gasteiger partial charge in [0.25, 0.3) is 0 Å². The van der Waals surface area contributed by atoms with Crippen LogP contribution in [-0.4, -0.2) is 19.7 Å². The van der Waals surface area contributed by atoms with E-state index >= 15 is 0 Å². The largest absolute Gasteiger partial charge is 0.329 e. The molecule has 0 atom stereocenters. The van der Waals surface area contributed by atoms with Gasteiger partial charge < -0.3 is 5.32 Å². The molecule has 0 bridgehead atoms. The van der Waals surface area contributed by atoms with Gasteiger partial charge in [0, 0.05) is 24.8 Å². The Bertz CT molecular complexity index is 700. The molecule has 0 aromatic carbocycles. The number of aromatic nitrogens is 4. The Morgan fingerprint density at radius 3 is 2.95 bits per heavy atom. The first-order valence-electron chi connectivity index (χ1n) is 5.85. The minimum Gasteiger partial charge on any atom is -0.329 e. The van der Waals surface area contributed by atoms with Crippen molar-refractivity contribution in [2.75, 3.05) is 5.32 Å². The van der Waals surface area contributed by atoms with Gasteiger partial charge in [-0.2, -0.15) is 5.10 Å². The maximum Gasteiger partial charge on any atom is 0.187 e. The second kappa shape index (κ2) is 4.81. The zero-order valence-electron chi connectivity index (χ0n) is 10.7. The fourth-order valence-corrected chi connectivity index (χ4v) is 2.46. The lowest BCUT2D eigenvalue weighted by Crippen LogP contribution is -1.89. The smallest absolute Gasteiger partial charge is 0.187 e. The summed E-state index contributed by atoms with van der Waals surface area (Å²) in [6, 6.07) is 4.01. The minimum atomic E-state index is 0.839. The van der Waals surface area contributed by atoms with E-state index in [1.54, 1.807) is 28.4 Å². The van der Waals surface area contributed by atoms with Crippen LogP contribution in [0.3, 0.4) is 0 Å². The molecule has 96 valence electrons. The number of nitrogens with one attached hydrogen (secondary N) is 1. The van der Waals surface area contributed by atoms with Crippen LogP contribution in [0.4, 0.5) is 10.8 Å². The van der Waals surface area contributed by atoms with E-state index in [4.69, 9.17) is 0 Å². The molecule has 0 aliphatic carbocycles. The Labute approximate surface area is 115 Å². The molecule has 0 saturated heterocycles. The van der Waals surface area contributed by atoms with E-state index in [0.29, 0.717) is 0 Å². The first-order chi connectivity index (χ1) is 9.20. The SMILES string of the molecule is Cc1ccnc(-c2csc(Nc3cnn(C)c3)n2)c1. The molecule has 6 heteroatoms. The fraction of sp³-hybridized carbons (Fsp3) is 0.154. The number of pyridine rings is 1. The first-order valence-corrected chi connectivity index (χ1v) is 6.73. The normalized spacial score (nSPS) is 10.6. The van der Waals surface area contributed by atoms with Crippen LogP contribution in [0, 0.1) is 6.92 Å². The topological polar surface area (TPSA) is 55.6 Å². The molecule has 1 N–H and O–H groups in total. The Balaban J connectivity index is 1.83. The zero-order valence-corrected chi connectivity index (χ0v) is 11.5. The first kappa shape index (κ1) is 11.9. The van der Waals surface area contributed by atoms with Crippen molar-refractivity contribution in [3.63, 3.8) is 0 Å². The molecular formula is C13H13N5S. The Kier molecular flexibility index (Phi) is 3.00. The molecule has 0 spiro atoms. The number of nitrogens with zero attached hydrogens (tertiary/aromatic N) is 4. The van der Waals surface area contributed by atoms with Crippen molar-refractivity contribution in [1.29, 1.82) is 0 Å². The summed E-state index contributed by atoms with van der Waals surface area (Å²) in [5, 5.41) is 10.2. The van der Waals surface area contributed by atoms with E-state index in [1.165, 1.54) is 5.56 Å².